The van der Waals surface area contributed by atoms with Gasteiger partial charge in [0.25, 0.3) is 0 Å². The van der Waals surface area contributed by atoms with Crippen LogP contribution in [0.25, 0.3) is 0 Å². The molecule has 2 heterocycles. The molecule has 1 aliphatic rings. The summed E-state index contributed by atoms with van der Waals surface area (Å²) < 4.78 is 4.69. The van der Waals surface area contributed by atoms with Gasteiger partial charge in [0.05, 0.1) is 7.11 Å². The van der Waals surface area contributed by atoms with E-state index >= 15 is 0 Å². The van der Waals surface area contributed by atoms with E-state index in [1.165, 1.54) is 13.5 Å². The number of nitrogens with one attached hydrogen (secondary N) is 2. The van der Waals surface area contributed by atoms with Gasteiger partial charge < -0.3 is 20.3 Å². The molecular formula is C13H22N6O2. The second-order valence-corrected chi connectivity index (χ2v) is 4.97. The van der Waals surface area contributed by atoms with Crippen molar-refractivity contribution in [2.24, 2.45) is 0 Å². The summed E-state index contributed by atoms with van der Waals surface area (Å²) in [5.74, 6) is 1.12. The van der Waals surface area contributed by atoms with Crippen molar-refractivity contribution < 1.29 is 9.53 Å². The Morgan fingerprint density at radius 2 is 1.86 bits per heavy atom. The first kappa shape index (κ1) is 15.3. The number of carbonyl (C=O) groups is 1. The number of methoxy groups -OCH3 is 1. The van der Waals surface area contributed by atoms with Gasteiger partial charge >= 0.3 is 5.97 Å². The smallest absolute Gasteiger partial charge is 0.328 e. The van der Waals surface area contributed by atoms with Gasteiger partial charge in [-0.25, -0.2) is 4.79 Å². The van der Waals surface area contributed by atoms with Crippen LogP contribution in [0.5, 0.6) is 0 Å². The van der Waals surface area contributed by atoms with E-state index in [9.17, 15) is 4.79 Å². The minimum atomic E-state index is -0.517. The van der Waals surface area contributed by atoms with E-state index in [1.807, 2.05) is 0 Å². The molecule has 2 N–H and O–H groups in total. The number of hydrogen-bond acceptors (Lipinski definition) is 8. The molecule has 21 heavy (non-hydrogen) atoms. The lowest BCUT2D eigenvalue weighted by atomic mass is 10.1. The van der Waals surface area contributed by atoms with Crippen LogP contribution in [0.1, 0.15) is 26.2 Å². The molecular weight excluding hydrogens is 272 g/mol. The van der Waals surface area contributed by atoms with Crippen LogP contribution in [0.15, 0.2) is 0 Å². The van der Waals surface area contributed by atoms with Crippen molar-refractivity contribution in [3.63, 3.8) is 0 Å². The number of anilines is 3. The van der Waals surface area contributed by atoms with Gasteiger partial charge in [-0.15, -0.1) is 0 Å². The van der Waals surface area contributed by atoms with Gasteiger partial charge in [-0.3, -0.25) is 0 Å². The number of nitrogens with zero attached hydrogens (tertiary/aromatic N) is 4. The quantitative estimate of drug-likeness (QED) is 0.773. The molecule has 0 aromatic carbocycles. The zero-order chi connectivity index (χ0) is 15.2. The molecule has 0 bridgehead atoms. The Morgan fingerprint density at radius 1 is 1.19 bits per heavy atom. The molecule has 1 aromatic rings. The van der Waals surface area contributed by atoms with Crippen LogP contribution in [0.4, 0.5) is 17.8 Å². The number of aromatic nitrogens is 3. The number of ether oxygens (including phenoxy) is 1. The predicted octanol–water partition coefficient (Wildman–Crippen LogP) is 0.877. The Bertz CT molecular complexity index is 490. The van der Waals surface area contributed by atoms with Gasteiger partial charge in [0, 0.05) is 20.1 Å². The lowest BCUT2D eigenvalue weighted by Gasteiger charge is -2.27. The van der Waals surface area contributed by atoms with Gasteiger partial charge in [-0.1, -0.05) is 0 Å². The summed E-state index contributed by atoms with van der Waals surface area (Å²) in [6.07, 6.45) is 3.52. The Labute approximate surface area is 124 Å². The van der Waals surface area contributed by atoms with Crippen LogP contribution >= 0.6 is 0 Å². The molecule has 0 radical (unpaired) electrons. The highest BCUT2D eigenvalue weighted by Crippen LogP contribution is 2.18. The van der Waals surface area contributed by atoms with Crippen molar-refractivity contribution in [1.29, 1.82) is 0 Å². The number of piperidine rings is 1. The van der Waals surface area contributed by atoms with Crippen molar-refractivity contribution in [1.82, 2.24) is 15.0 Å². The van der Waals surface area contributed by atoms with E-state index in [4.69, 9.17) is 0 Å². The first-order valence-electron chi connectivity index (χ1n) is 7.17. The first-order chi connectivity index (χ1) is 10.1. The fourth-order valence-electron chi connectivity index (χ4n) is 2.21. The minimum absolute atomic E-state index is 0.360. The van der Waals surface area contributed by atoms with E-state index in [2.05, 4.69) is 35.2 Å². The molecule has 1 saturated heterocycles. The number of carbonyl (C=O) groups excluding carboxylic acids is 1. The maximum atomic E-state index is 11.5. The van der Waals surface area contributed by atoms with Crippen molar-refractivity contribution in [2.45, 2.75) is 32.2 Å². The van der Waals surface area contributed by atoms with Crippen molar-refractivity contribution in [3.05, 3.63) is 0 Å². The average molecular weight is 294 g/mol. The van der Waals surface area contributed by atoms with E-state index in [1.54, 1.807) is 14.0 Å². The standard InChI is InChI=1S/C13H22N6O2/c1-9(10(20)21-3)15-12-16-11(14-2)17-13(18-12)19-7-5-4-6-8-19/h9H,4-8H2,1-3H3,(H2,14,15,16,17,18). The molecule has 8 heteroatoms. The number of rotatable bonds is 5. The van der Waals surface area contributed by atoms with E-state index in [0.29, 0.717) is 17.8 Å². The van der Waals surface area contributed by atoms with Crippen LogP contribution in [0, 0.1) is 0 Å². The summed E-state index contributed by atoms with van der Waals surface area (Å²) in [7, 11) is 3.11. The third-order valence-electron chi connectivity index (χ3n) is 3.39. The van der Waals surface area contributed by atoms with E-state index in [-0.39, 0.29) is 5.97 Å². The first-order valence-corrected chi connectivity index (χ1v) is 7.17. The minimum Gasteiger partial charge on any atom is -0.467 e. The monoisotopic (exact) mass is 294 g/mol. The van der Waals surface area contributed by atoms with Crippen molar-refractivity contribution >= 4 is 23.8 Å². The van der Waals surface area contributed by atoms with Gasteiger partial charge in [0.2, 0.25) is 17.8 Å². The van der Waals surface area contributed by atoms with Gasteiger partial charge in [0.15, 0.2) is 0 Å². The topological polar surface area (TPSA) is 92.3 Å². The molecule has 1 aromatic heterocycles. The zero-order valence-electron chi connectivity index (χ0n) is 12.7. The highest BCUT2D eigenvalue weighted by molar-refractivity contribution is 5.78. The Morgan fingerprint density at radius 3 is 2.48 bits per heavy atom. The van der Waals surface area contributed by atoms with Gasteiger partial charge in [0.1, 0.15) is 6.04 Å². The second-order valence-electron chi connectivity index (χ2n) is 4.97. The summed E-state index contributed by atoms with van der Waals surface area (Å²) in [5, 5.41) is 5.86. The molecule has 1 aliphatic heterocycles. The molecule has 0 saturated carbocycles. The van der Waals surface area contributed by atoms with E-state index < -0.39 is 6.04 Å². The maximum absolute atomic E-state index is 11.5. The third-order valence-corrected chi connectivity index (χ3v) is 3.39. The molecule has 2 rings (SSSR count). The molecule has 116 valence electrons. The predicted molar refractivity (Wildman–Crippen MR) is 80.5 cm³/mol. The van der Waals surface area contributed by atoms with Crippen molar-refractivity contribution in [2.75, 3.05) is 42.8 Å². The van der Waals surface area contributed by atoms with Gasteiger partial charge in [-0.2, -0.15) is 15.0 Å². The Hall–Kier alpha value is -2.12. The number of esters is 1. The maximum Gasteiger partial charge on any atom is 0.328 e. The summed E-state index contributed by atoms with van der Waals surface area (Å²) in [4.78, 5) is 26.6. The summed E-state index contributed by atoms with van der Waals surface area (Å²) in [6, 6.07) is -0.517. The van der Waals surface area contributed by atoms with Gasteiger partial charge in [-0.05, 0) is 26.2 Å². The number of hydrogen-bond donors (Lipinski definition) is 2. The summed E-state index contributed by atoms with van der Waals surface area (Å²) >= 11 is 0. The molecule has 0 spiro atoms. The summed E-state index contributed by atoms with van der Waals surface area (Å²) in [6.45, 7) is 3.59. The van der Waals surface area contributed by atoms with Crippen molar-refractivity contribution in [3.8, 4) is 0 Å². The van der Waals surface area contributed by atoms with Crippen LogP contribution in [0.3, 0.4) is 0 Å². The SMILES string of the molecule is CNc1nc(NC(C)C(=O)OC)nc(N2CCCCC2)n1. The molecule has 1 fully saturated rings. The Balaban J connectivity index is 2.18. The van der Waals surface area contributed by atoms with E-state index in [0.717, 1.165) is 25.9 Å². The highest BCUT2D eigenvalue weighted by atomic mass is 16.5. The van der Waals surface area contributed by atoms with Crippen LogP contribution in [-0.4, -0.2) is 54.2 Å². The normalized spacial score (nSPS) is 16.2. The molecule has 8 nitrogen and oxygen atoms in total. The fraction of sp³-hybridized carbons (Fsp3) is 0.692. The fourth-order valence-corrected chi connectivity index (χ4v) is 2.21. The molecule has 1 unspecified atom stereocenters. The lowest BCUT2D eigenvalue weighted by molar-refractivity contribution is -0.141. The largest absolute Gasteiger partial charge is 0.467 e. The third kappa shape index (κ3) is 3.93. The van der Waals surface area contributed by atoms with Crippen LogP contribution in [0.2, 0.25) is 0 Å². The van der Waals surface area contributed by atoms with Crippen LogP contribution in [-0.2, 0) is 9.53 Å². The lowest BCUT2D eigenvalue weighted by Crippen LogP contribution is -2.32. The zero-order valence-corrected chi connectivity index (χ0v) is 12.7. The Kier molecular flexibility index (Phi) is 5.13. The molecule has 1 atom stereocenters. The second kappa shape index (κ2) is 7.05. The summed E-state index contributed by atoms with van der Waals surface area (Å²) in [5.41, 5.74) is 0. The molecule has 0 amide bonds. The molecule has 0 aliphatic carbocycles. The highest BCUT2D eigenvalue weighted by Gasteiger charge is 2.18. The average Bonchev–Trinajstić information content (AvgIpc) is 2.54. The van der Waals surface area contributed by atoms with Crippen LogP contribution < -0.4 is 15.5 Å².